The van der Waals surface area contributed by atoms with Gasteiger partial charge in [-0.25, -0.2) is 0 Å². The predicted octanol–water partition coefficient (Wildman–Crippen LogP) is 0.0503. The van der Waals surface area contributed by atoms with E-state index in [1.807, 2.05) is 30.3 Å². The quantitative estimate of drug-likeness (QED) is 0.744. The Labute approximate surface area is 105 Å². The Kier molecular flexibility index (Phi) is 3.09. The number of fused-ring (bicyclic) bond motifs is 1. The summed E-state index contributed by atoms with van der Waals surface area (Å²) in [6.45, 7) is 0.474. The fraction of sp³-hybridized carbons (Fsp3) is 0.538. The van der Waals surface area contributed by atoms with Gasteiger partial charge in [0.15, 0.2) is 0 Å². The summed E-state index contributed by atoms with van der Waals surface area (Å²) in [5, 5.41) is 20.0. The minimum absolute atomic E-state index is 0.0201. The Hall–Kier alpha value is -0.980. The average molecular weight is 252 g/mol. The van der Waals surface area contributed by atoms with Gasteiger partial charge in [-0.05, 0) is 5.56 Å². The van der Waals surface area contributed by atoms with E-state index < -0.39 is 24.1 Å². The normalized spacial score (nSPS) is 38.9. The second-order valence-electron chi connectivity index (χ2n) is 4.72. The van der Waals surface area contributed by atoms with Gasteiger partial charge in [-0.2, -0.15) is 0 Å². The number of aliphatic hydroxyl groups excluding tert-OH is 1. The highest BCUT2D eigenvalue weighted by Crippen LogP contribution is 2.35. The molecule has 3 rings (SSSR count). The molecule has 1 aromatic rings. The van der Waals surface area contributed by atoms with Gasteiger partial charge in [0.1, 0.15) is 24.9 Å². The molecule has 0 amide bonds. The van der Waals surface area contributed by atoms with Crippen LogP contribution in [0.2, 0.25) is 0 Å². The van der Waals surface area contributed by atoms with Crippen LogP contribution in [0.25, 0.3) is 0 Å². The van der Waals surface area contributed by atoms with E-state index in [1.54, 1.807) is 0 Å². The molecule has 0 unspecified atom stereocenters. The molecule has 2 N–H and O–H groups in total. The second-order valence-corrected chi connectivity index (χ2v) is 4.72. The maximum atomic E-state index is 10.4. The summed E-state index contributed by atoms with van der Waals surface area (Å²) < 4.78 is 16.2. The van der Waals surface area contributed by atoms with Crippen LogP contribution in [0.4, 0.5) is 0 Å². The standard InChI is InChI=1S/C13H16O5/c14-10-7-16-12-11(10)17-8-13(12,15)18-6-9-4-2-1-3-5-9/h1-5,10-12,14-15H,6-8H2/t10-,11-,12+,13-/m1/s1. The topological polar surface area (TPSA) is 68.2 Å². The van der Waals surface area contributed by atoms with Crippen LogP contribution < -0.4 is 0 Å². The molecule has 5 nitrogen and oxygen atoms in total. The second kappa shape index (κ2) is 4.60. The molecule has 0 radical (unpaired) electrons. The fourth-order valence-corrected chi connectivity index (χ4v) is 2.38. The Balaban J connectivity index is 1.66. The average Bonchev–Trinajstić information content (AvgIpc) is 2.92. The van der Waals surface area contributed by atoms with Crippen LogP contribution in [0, 0.1) is 0 Å². The summed E-state index contributed by atoms with van der Waals surface area (Å²) in [6.07, 6.45) is -1.80. The molecule has 18 heavy (non-hydrogen) atoms. The Bertz CT molecular complexity index is 409. The van der Waals surface area contributed by atoms with Gasteiger partial charge in [0.05, 0.1) is 13.2 Å². The molecule has 4 atom stereocenters. The number of aliphatic hydroxyl groups is 2. The largest absolute Gasteiger partial charge is 0.388 e. The van der Waals surface area contributed by atoms with Gasteiger partial charge in [0.25, 0.3) is 0 Å². The molecule has 5 heteroatoms. The first-order valence-corrected chi connectivity index (χ1v) is 6.00. The lowest BCUT2D eigenvalue weighted by Gasteiger charge is -2.26. The van der Waals surface area contributed by atoms with Gasteiger partial charge in [-0.3, -0.25) is 0 Å². The van der Waals surface area contributed by atoms with E-state index in [-0.39, 0.29) is 19.8 Å². The lowest BCUT2D eigenvalue weighted by atomic mass is 10.1. The van der Waals surface area contributed by atoms with Crippen LogP contribution in [-0.2, 0) is 20.8 Å². The molecule has 0 saturated carbocycles. The van der Waals surface area contributed by atoms with Crippen molar-refractivity contribution < 1.29 is 24.4 Å². The third-order valence-corrected chi connectivity index (χ3v) is 3.38. The van der Waals surface area contributed by atoms with Gasteiger partial charge >= 0.3 is 0 Å². The fourth-order valence-electron chi connectivity index (χ4n) is 2.38. The minimum atomic E-state index is -1.47. The van der Waals surface area contributed by atoms with Crippen molar-refractivity contribution in [2.24, 2.45) is 0 Å². The summed E-state index contributed by atoms with van der Waals surface area (Å²) in [5.41, 5.74) is 0.966. The highest BCUT2D eigenvalue weighted by Gasteiger charge is 2.56. The molecule has 2 fully saturated rings. The third-order valence-electron chi connectivity index (χ3n) is 3.38. The van der Waals surface area contributed by atoms with Crippen molar-refractivity contribution >= 4 is 0 Å². The first-order valence-electron chi connectivity index (χ1n) is 6.00. The smallest absolute Gasteiger partial charge is 0.219 e. The van der Waals surface area contributed by atoms with Gasteiger partial charge in [0.2, 0.25) is 5.79 Å². The monoisotopic (exact) mass is 252 g/mol. The van der Waals surface area contributed by atoms with E-state index in [9.17, 15) is 10.2 Å². The molecular weight excluding hydrogens is 236 g/mol. The third kappa shape index (κ3) is 2.04. The molecule has 0 bridgehead atoms. The van der Waals surface area contributed by atoms with Crippen molar-refractivity contribution in [1.82, 2.24) is 0 Å². The van der Waals surface area contributed by atoms with Gasteiger partial charge in [0, 0.05) is 0 Å². The minimum Gasteiger partial charge on any atom is -0.388 e. The van der Waals surface area contributed by atoms with E-state index in [0.717, 1.165) is 5.56 Å². The van der Waals surface area contributed by atoms with Gasteiger partial charge < -0.3 is 24.4 Å². The van der Waals surface area contributed by atoms with Gasteiger partial charge in [-0.15, -0.1) is 0 Å². The van der Waals surface area contributed by atoms with Crippen molar-refractivity contribution in [2.75, 3.05) is 13.2 Å². The molecule has 2 aliphatic heterocycles. The summed E-state index contributed by atoms with van der Waals surface area (Å²) in [4.78, 5) is 0. The first kappa shape index (κ1) is 12.1. The van der Waals surface area contributed by atoms with Gasteiger partial charge in [-0.1, -0.05) is 30.3 Å². The Morgan fingerprint density at radius 1 is 1.28 bits per heavy atom. The molecule has 1 aromatic carbocycles. The van der Waals surface area contributed by atoms with Crippen molar-refractivity contribution in [3.8, 4) is 0 Å². The van der Waals surface area contributed by atoms with E-state index >= 15 is 0 Å². The van der Waals surface area contributed by atoms with E-state index in [2.05, 4.69) is 0 Å². The lowest BCUT2D eigenvalue weighted by Crippen LogP contribution is -2.46. The van der Waals surface area contributed by atoms with Crippen molar-refractivity contribution in [1.29, 1.82) is 0 Å². The first-order chi connectivity index (χ1) is 8.69. The molecule has 0 spiro atoms. The highest BCUT2D eigenvalue weighted by atomic mass is 16.7. The van der Waals surface area contributed by atoms with Crippen molar-refractivity contribution in [3.05, 3.63) is 35.9 Å². The van der Waals surface area contributed by atoms with Crippen LogP contribution in [-0.4, -0.2) is 47.5 Å². The van der Waals surface area contributed by atoms with Crippen LogP contribution in [0.1, 0.15) is 5.56 Å². The van der Waals surface area contributed by atoms with E-state index in [4.69, 9.17) is 14.2 Å². The molecule has 0 aromatic heterocycles. The summed E-state index contributed by atoms with van der Waals surface area (Å²) >= 11 is 0. The van der Waals surface area contributed by atoms with E-state index in [0.29, 0.717) is 0 Å². The lowest BCUT2D eigenvalue weighted by molar-refractivity contribution is -0.250. The Morgan fingerprint density at radius 2 is 2.06 bits per heavy atom. The van der Waals surface area contributed by atoms with Crippen molar-refractivity contribution in [2.45, 2.75) is 30.7 Å². The number of hydrogen-bond acceptors (Lipinski definition) is 5. The highest BCUT2D eigenvalue weighted by molar-refractivity contribution is 5.13. The van der Waals surface area contributed by atoms with Crippen LogP contribution in [0.15, 0.2) is 30.3 Å². The number of hydrogen-bond donors (Lipinski definition) is 2. The number of ether oxygens (including phenoxy) is 3. The van der Waals surface area contributed by atoms with Crippen LogP contribution >= 0.6 is 0 Å². The van der Waals surface area contributed by atoms with Crippen molar-refractivity contribution in [3.63, 3.8) is 0 Å². The molecule has 0 aliphatic carbocycles. The Morgan fingerprint density at radius 3 is 2.83 bits per heavy atom. The zero-order chi connectivity index (χ0) is 12.6. The maximum absolute atomic E-state index is 10.4. The molecule has 2 heterocycles. The SMILES string of the molecule is O[C@@H]1CO[C@H]2[C@@H]1OC[C@@]2(O)OCc1ccccc1. The molecule has 2 saturated heterocycles. The van der Waals surface area contributed by atoms with Crippen LogP contribution in [0.3, 0.4) is 0 Å². The summed E-state index contributed by atoms with van der Waals surface area (Å²) in [5.74, 6) is -1.47. The van der Waals surface area contributed by atoms with E-state index in [1.165, 1.54) is 0 Å². The number of rotatable bonds is 3. The molecule has 2 aliphatic rings. The summed E-state index contributed by atoms with van der Waals surface area (Å²) in [7, 11) is 0. The zero-order valence-corrected chi connectivity index (χ0v) is 9.86. The predicted molar refractivity (Wildman–Crippen MR) is 61.7 cm³/mol. The maximum Gasteiger partial charge on any atom is 0.219 e. The molecule has 98 valence electrons. The zero-order valence-electron chi connectivity index (χ0n) is 9.86. The molecular formula is C13H16O5. The number of benzene rings is 1. The summed E-state index contributed by atoms with van der Waals surface area (Å²) in [6, 6.07) is 9.57. The van der Waals surface area contributed by atoms with Crippen LogP contribution in [0.5, 0.6) is 0 Å².